The Hall–Kier alpha value is -2.83. The Bertz CT molecular complexity index is 938. The SMILES string of the molecule is CCc1cc(=O)oc2c(C)c(OC(=O)C(CC)NC(=O)OC(C)(C)C)ccc12. The lowest BCUT2D eigenvalue weighted by atomic mass is 10.0. The van der Waals surface area contributed by atoms with Gasteiger partial charge in [-0.3, -0.25) is 0 Å². The Kier molecular flexibility index (Phi) is 6.48. The first-order valence-electron chi connectivity index (χ1n) is 9.33. The number of benzene rings is 1. The largest absolute Gasteiger partial charge is 0.444 e. The van der Waals surface area contributed by atoms with E-state index in [0.29, 0.717) is 24.0 Å². The second-order valence-electron chi connectivity index (χ2n) is 7.54. The Labute approximate surface area is 164 Å². The first kappa shape index (κ1) is 21.5. The van der Waals surface area contributed by atoms with Gasteiger partial charge in [0.2, 0.25) is 0 Å². The molecule has 1 unspecified atom stereocenters. The molecule has 0 saturated carbocycles. The molecular formula is C21H27NO6. The van der Waals surface area contributed by atoms with E-state index in [9.17, 15) is 14.4 Å². The molecular weight excluding hydrogens is 362 g/mol. The molecule has 152 valence electrons. The first-order valence-corrected chi connectivity index (χ1v) is 9.33. The maximum atomic E-state index is 12.5. The highest BCUT2D eigenvalue weighted by Crippen LogP contribution is 2.29. The second kappa shape index (κ2) is 8.46. The van der Waals surface area contributed by atoms with Gasteiger partial charge in [0.1, 0.15) is 23.0 Å². The van der Waals surface area contributed by atoms with E-state index in [0.717, 1.165) is 10.9 Å². The Morgan fingerprint density at radius 3 is 2.46 bits per heavy atom. The summed E-state index contributed by atoms with van der Waals surface area (Å²) in [7, 11) is 0. The summed E-state index contributed by atoms with van der Waals surface area (Å²) in [5.74, 6) is -0.344. The fourth-order valence-corrected chi connectivity index (χ4v) is 2.77. The normalized spacial score (nSPS) is 12.5. The van der Waals surface area contributed by atoms with E-state index in [-0.39, 0.29) is 5.75 Å². The number of alkyl carbamates (subject to hydrolysis) is 1. The molecule has 0 saturated heterocycles. The van der Waals surface area contributed by atoms with Crippen LogP contribution in [-0.4, -0.2) is 23.7 Å². The quantitative estimate of drug-likeness (QED) is 0.474. The molecule has 1 amide bonds. The zero-order chi connectivity index (χ0) is 21.1. The van der Waals surface area contributed by atoms with Crippen molar-refractivity contribution in [3.05, 3.63) is 39.7 Å². The lowest BCUT2D eigenvalue weighted by molar-refractivity contribution is -0.136. The maximum absolute atomic E-state index is 12.5. The number of esters is 1. The van der Waals surface area contributed by atoms with Crippen molar-refractivity contribution < 1.29 is 23.5 Å². The van der Waals surface area contributed by atoms with Crippen LogP contribution in [0.3, 0.4) is 0 Å². The average Bonchev–Trinajstić information content (AvgIpc) is 2.60. The number of carbonyl (C=O) groups is 2. The third-order valence-electron chi connectivity index (χ3n) is 4.17. The van der Waals surface area contributed by atoms with Crippen LogP contribution in [0.1, 0.15) is 52.2 Å². The number of aryl methyl sites for hydroxylation is 2. The van der Waals surface area contributed by atoms with Crippen molar-refractivity contribution in [1.29, 1.82) is 0 Å². The van der Waals surface area contributed by atoms with Gasteiger partial charge in [-0.2, -0.15) is 0 Å². The molecule has 0 aliphatic heterocycles. The van der Waals surface area contributed by atoms with E-state index in [1.807, 2.05) is 6.92 Å². The van der Waals surface area contributed by atoms with Gasteiger partial charge in [0, 0.05) is 17.0 Å². The van der Waals surface area contributed by atoms with Gasteiger partial charge in [-0.1, -0.05) is 13.8 Å². The highest BCUT2D eigenvalue weighted by atomic mass is 16.6. The van der Waals surface area contributed by atoms with E-state index in [4.69, 9.17) is 13.9 Å². The van der Waals surface area contributed by atoms with Crippen LogP contribution in [0.4, 0.5) is 4.79 Å². The molecule has 1 aromatic heterocycles. The van der Waals surface area contributed by atoms with E-state index in [1.54, 1.807) is 46.8 Å². The number of hydrogen-bond donors (Lipinski definition) is 1. The molecule has 0 aliphatic rings. The minimum atomic E-state index is -0.862. The van der Waals surface area contributed by atoms with Crippen molar-refractivity contribution in [3.8, 4) is 5.75 Å². The van der Waals surface area contributed by atoms with Crippen LogP contribution < -0.4 is 15.7 Å². The summed E-state index contributed by atoms with van der Waals surface area (Å²) < 4.78 is 16.0. The van der Waals surface area contributed by atoms with Gasteiger partial charge in [0.25, 0.3) is 0 Å². The predicted molar refractivity (Wildman–Crippen MR) is 106 cm³/mol. The summed E-state index contributed by atoms with van der Waals surface area (Å²) in [5.41, 5.74) is 0.683. The van der Waals surface area contributed by atoms with E-state index >= 15 is 0 Å². The predicted octanol–water partition coefficient (Wildman–Crippen LogP) is 3.87. The Morgan fingerprint density at radius 1 is 1.21 bits per heavy atom. The van der Waals surface area contributed by atoms with Crippen LogP contribution >= 0.6 is 0 Å². The molecule has 1 heterocycles. The van der Waals surface area contributed by atoms with Gasteiger partial charge < -0.3 is 19.2 Å². The molecule has 1 aromatic carbocycles. The Morgan fingerprint density at radius 2 is 1.89 bits per heavy atom. The molecule has 0 bridgehead atoms. The van der Waals surface area contributed by atoms with Gasteiger partial charge in [-0.15, -0.1) is 0 Å². The van der Waals surface area contributed by atoms with Gasteiger partial charge in [0.15, 0.2) is 0 Å². The second-order valence-corrected chi connectivity index (χ2v) is 7.54. The molecule has 1 N–H and O–H groups in total. The van der Waals surface area contributed by atoms with Crippen LogP contribution in [0.2, 0.25) is 0 Å². The third-order valence-corrected chi connectivity index (χ3v) is 4.17. The van der Waals surface area contributed by atoms with Crippen molar-refractivity contribution in [2.24, 2.45) is 0 Å². The standard InChI is InChI=1S/C21H27NO6/c1-7-13-11-17(23)27-18-12(3)16(10-9-14(13)18)26-19(24)15(8-2)22-20(25)28-21(4,5)6/h9-11,15H,7-8H2,1-6H3,(H,22,25). The van der Waals surface area contributed by atoms with Crippen molar-refractivity contribution in [2.45, 2.75) is 66.0 Å². The van der Waals surface area contributed by atoms with E-state index < -0.39 is 29.3 Å². The van der Waals surface area contributed by atoms with Gasteiger partial charge in [-0.05, 0) is 58.2 Å². The van der Waals surface area contributed by atoms with Gasteiger partial charge in [-0.25, -0.2) is 14.4 Å². The molecule has 2 rings (SSSR count). The van der Waals surface area contributed by atoms with Gasteiger partial charge >= 0.3 is 17.7 Å². The number of rotatable bonds is 5. The zero-order valence-electron chi connectivity index (χ0n) is 17.2. The van der Waals surface area contributed by atoms with Crippen molar-refractivity contribution >= 4 is 23.0 Å². The van der Waals surface area contributed by atoms with Crippen LogP contribution in [0, 0.1) is 6.92 Å². The highest BCUT2D eigenvalue weighted by molar-refractivity contribution is 5.87. The third kappa shape index (κ3) is 5.12. The van der Waals surface area contributed by atoms with Gasteiger partial charge in [0.05, 0.1) is 0 Å². The van der Waals surface area contributed by atoms with Crippen molar-refractivity contribution in [2.75, 3.05) is 0 Å². The fraction of sp³-hybridized carbons (Fsp3) is 0.476. The summed E-state index contributed by atoms with van der Waals surface area (Å²) in [6, 6.07) is 4.02. The first-order chi connectivity index (χ1) is 13.1. The maximum Gasteiger partial charge on any atom is 0.408 e. The summed E-state index contributed by atoms with van der Waals surface area (Å²) in [4.78, 5) is 36.3. The summed E-state index contributed by atoms with van der Waals surface area (Å²) in [6.45, 7) is 10.6. The fourth-order valence-electron chi connectivity index (χ4n) is 2.77. The van der Waals surface area contributed by atoms with E-state index in [1.165, 1.54) is 6.07 Å². The molecule has 0 radical (unpaired) electrons. The summed E-state index contributed by atoms with van der Waals surface area (Å²) >= 11 is 0. The highest BCUT2D eigenvalue weighted by Gasteiger charge is 2.25. The molecule has 7 heteroatoms. The summed E-state index contributed by atoms with van der Waals surface area (Å²) in [6.07, 6.45) is 0.322. The van der Waals surface area contributed by atoms with Crippen LogP contribution in [-0.2, 0) is 16.0 Å². The van der Waals surface area contributed by atoms with Crippen molar-refractivity contribution in [3.63, 3.8) is 0 Å². The lowest BCUT2D eigenvalue weighted by Crippen LogP contribution is -2.44. The zero-order valence-corrected chi connectivity index (χ0v) is 17.2. The molecule has 0 fully saturated rings. The lowest BCUT2D eigenvalue weighted by Gasteiger charge is -2.22. The van der Waals surface area contributed by atoms with Crippen LogP contribution in [0.15, 0.2) is 27.4 Å². The number of amides is 1. The number of ether oxygens (including phenoxy) is 2. The molecule has 0 aliphatic carbocycles. The minimum Gasteiger partial charge on any atom is -0.444 e. The smallest absolute Gasteiger partial charge is 0.408 e. The average molecular weight is 389 g/mol. The minimum absolute atomic E-state index is 0.276. The molecule has 0 spiro atoms. The molecule has 7 nitrogen and oxygen atoms in total. The molecule has 2 aromatic rings. The molecule has 28 heavy (non-hydrogen) atoms. The number of nitrogens with one attached hydrogen (secondary N) is 1. The monoisotopic (exact) mass is 389 g/mol. The van der Waals surface area contributed by atoms with Crippen molar-refractivity contribution in [1.82, 2.24) is 5.32 Å². The number of hydrogen-bond acceptors (Lipinski definition) is 6. The van der Waals surface area contributed by atoms with E-state index in [2.05, 4.69) is 5.32 Å². The molecule has 1 atom stereocenters. The van der Waals surface area contributed by atoms with Crippen LogP contribution in [0.5, 0.6) is 5.75 Å². The number of fused-ring (bicyclic) bond motifs is 1. The summed E-state index contributed by atoms with van der Waals surface area (Å²) in [5, 5.41) is 3.32. The number of carbonyl (C=O) groups excluding carboxylic acids is 2. The Balaban J connectivity index is 2.25. The topological polar surface area (TPSA) is 94.8 Å². The van der Waals surface area contributed by atoms with Crippen LogP contribution in [0.25, 0.3) is 11.0 Å².